The summed E-state index contributed by atoms with van der Waals surface area (Å²) in [5.41, 5.74) is 5.00. The molecule has 2 heteroatoms. The zero-order valence-corrected chi connectivity index (χ0v) is 11.6. The van der Waals surface area contributed by atoms with E-state index < -0.39 is 0 Å². The number of hydrogen-bond acceptors (Lipinski definition) is 2. The minimum Gasteiger partial charge on any atom is -0.467 e. The van der Waals surface area contributed by atoms with Crippen molar-refractivity contribution in [3.63, 3.8) is 0 Å². The second kappa shape index (κ2) is 5.40. The van der Waals surface area contributed by atoms with E-state index >= 15 is 0 Å². The van der Waals surface area contributed by atoms with Crippen LogP contribution in [0.15, 0.2) is 34.9 Å². The largest absolute Gasteiger partial charge is 0.467 e. The fraction of sp³-hybridized carbons (Fsp3) is 0.375. The molecule has 0 spiro atoms. The summed E-state index contributed by atoms with van der Waals surface area (Å²) in [6.07, 6.45) is 1.77. The van der Waals surface area contributed by atoms with Gasteiger partial charge in [-0.3, -0.25) is 0 Å². The Kier molecular flexibility index (Phi) is 3.87. The van der Waals surface area contributed by atoms with Crippen LogP contribution in [0.2, 0.25) is 0 Å². The first-order valence-electron chi connectivity index (χ1n) is 6.44. The quantitative estimate of drug-likeness (QED) is 0.876. The lowest BCUT2D eigenvalue weighted by Gasteiger charge is -2.09. The minimum absolute atomic E-state index is 0.460. The van der Waals surface area contributed by atoms with Crippen molar-refractivity contribution >= 4 is 0 Å². The second-order valence-electron chi connectivity index (χ2n) is 5.17. The van der Waals surface area contributed by atoms with Crippen LogP contribution in [0.25, 0.3) is 11.1 Å². The number of rotatable bonds is 4. The van der Waals surface area contributed by atoms with Gasteiger partial charge in [0.25, 0.3) is 0 Å². The van der Waals surface area contributed by atoms with Gasteiger partial charge in [0.05, 0.1) is 12.8 Å². The average molecular weight is 243 g/mol. The number of furan rings is 1. The third kappa shape index (κ3) is 3.02. The fourth-order valence-corrected chi connectivity index (χ4v) is 2.16. The van der Waals surface area contributed by atoms with Gasteiger partial charge in [-0.05, 0) is 25.5 Å². The Labute approximate surface area is 109 Å². The highest BCUT2D eigenvalue weighted by atomic mass is 16.3. The van der Waals surface area contributed by atoms with Gasteiger partial charge >= 0.3 is 0 Å². The number of hydrogen-bond donors (Lipinski definition) is 1. The van der Waals surface area contributed by atoms with Gasteiger partial charge in [-0.2, -0.15) is 0 Å². The molecule has 1 aromatic heterocycles. The maximum Gasteiger partial charge on any atom is 0.125 e. The summed E-state index contributed by atoms with van der Waals surface area (Å²) in [5, 5.41) is 3.39. The predicted octanol–water partition coefficient (Wildman–Crippen LogP) is 4.06. The third-order valence-corrected chi connectivity index (χ3v) is 2.95. The van der Waals surface area contributed by atoms with Gasteiger partial charge in [0.2, 0.25) is 0 Å². The number of aryl methyl sites for hydroxylation is 2. The molecule has 0 bridgehead atoms. The lowest BCUT2D eigenvalue weighted by atomic mass is 10.0. The van der Waals surface area contributed by atoms with E-state index in [1.54, 1.807) is 6.26 Å². The van der Waals surface area contributed by atoms with E-state index in [0.717, 1.165) is 12.3 Å². The van der Waals surface area contributed by atoms with Crippen molar-refractivity contribution in [2.75, 3.05) is 0 Å². The minimum atomic E-state index is 0.460. The van der Waals surface area contributed by atoms with Crippen molar-refractivity contribution in [2.24, 2.45) is 0 Å². The highest BCUT2D eigenvalue weighted by molar-refractivity contribution is 5.67. The van der Waals surface area contributed by atoms with E-state index in [1.807, 2.05) is 6.07 Å². The lowest BCUT2D eigenvalue weighted by Crippen LogP contribution is -2.21. The molecule has 0 amide bonds. The smallest absolute Gasteiger partial charge is 0.125 e. The topological polar surface area (TPSA) is 25.2 Å². The van der Waals surface area contributed by atoms with Gasteiger partial charge in [-0.1, -0.05) is 43.2 Å². The summed E-state index contributed by atoms with van der Waals surface area (Å²) in [6.45, 7) is 9.30. The van der Waals surface area contributed by atoms with Crippen LogP contribution in [0.1, 0.15) is 30.7 Å². The number of benzene rings is 1. The maximum atomic E-state index is 5.59. The molecule has 1 aromatic carbocycles. The van der Waals surface area contributed by atoms with Gasteiger partial charge in [0.15, 0.2) is 0 Å². The summed E-state index contributed by atoms with van der Waals surface area (Å²) >= 11 is 0. The van der Waals surface area contributed by atoms with Gasteiger partial charge < -0.3 is 9.73 Å². The van der Waals surface area contributed by atoms with Gasteiger partial charge in [-0.25, -0.2) is 0 Å². The molecule has 2 aromatic rings. The SMILES string of the molecule is Cc1cc(C)cc(-c2ccoc2CNC(C)C)c1. The first-order chi connectivity index (χ1) is 8.56. The Balaban J connectivity index is 2.30. The fourth-order valence-electron chi connectivity index (χ4n) is 2.16. The van der Waals surface area contributed by atoms with E-state index in [4.69, 9.17) is 4.42 Å². The molecular weight excluding hydrogens is 222 g/mol. The predicted molar refractivity (Wildman–Crippen MR) is 75.6 cm³/mol. The summed E-state index contributed by atoms with van der Waals surface area (Å²) in [4.78, 5) is 0. The molecule has 0 aliphatic heterocycles. The van der Waals surface area contributed by atoms with Crippen LogP contribution in [0.3, 0.4) is 0 Å². The van der Waals surface area contributed by atoms with Crippen LogP contribution in [-0.4, -0.2) is 6.04 Å². The molecule has 0 atom stereocenters. The summed E-state index contributed by atoms with van der Waals surface area (Å²) in [5.74, 6) is 1.01. The van der Waals surface area contributed by atoms with Crippen molar-refractivity contribution in [1.29, 1.82) is 0 Å². The monoisotopic (exact) mass is 243 g/mol. The number of nitrogens with one attached hydrogen (secondary N) is 1. The van der Waals surface area contributed by atoms with Crippen molar-refractivity contribution in [1.82, 2.24) is 5.32 Å². The molecule has 1 N–H and O–H groups in total. The average Bonchev–Trinajstić information content (AvgIpc) is 2.72. The Hall–Kier alpha value is -1.54. The standard InChI is InChI=1S/C16H21NO/c1-11(2)17-10-16-15(5-6-18-16)14-8-12(3)7-13(4)9-14/h5-9,11,17H,10H2,1-4H3. The van der Waals surface area contributed by atoms with Crippen molar-refractivity contribution in [2.45, 2.75) is 40.3 Å². The Morgan fingerprint density at radius 3 is 2.39 bits per heavy atom. The molecule has 1 heterocycles. The molecule has 0 fully saturated rings. The van der Waals surface area contributed by atoms with E-state index in [1.165, 1.54) is 22.3 Å². The van der Waals surface area contributed by atoms with E-state index in [0.29, 0.717) is 6.04 Å². The van der Waals surface area contributed by atoms with Crippen molar-refractivity contribution in [3.05, 3.63) is 47.4 Å². The highest BCUT2D eigenvalue weighted by Crippen LogP contribution is 2.26. The van der Waals surface area contributed by atoms with Gasteiger partial charge in [0.1, 0.15) is 5.76 Å². The van der Waals surface area contributed by atoms with Crippen LogP contribution in [0, 0.1) is 13.8 Å². The van der Waals surface area contributed by atoms with Crippen LogP contribution in [0.4, 0.5) is 0 Å². The molecule has 18 heavy (non-hydrogen) atoms. The van der Waals surface area contributed by atoms with Crippen molar-refractivity contribution in [3.8, 4) is 11.1 Å². The zero-order chi connectivity index (χ0) is 13.1. The van der Waals surface area contributed by atoms with Crippen LogP contribution >= 0.6 is 0 Å². The van der Waals surface area contributed by atoms with E-state index in [2.05, 4.69) is 51.2 Å². The molecule has 0 aliphatic carbocycles. The normalized spacial score (nSPS) is 11.2. The molecule has 96 valence electrons. The van der Waals surface area contributed by atoms with Crippen molar-refractivity contribution < 1.29 is 4.42 Å². The molecule has 0 radical (unpaired) electrons. The maximum absolute atomic E-state index is 5.59. The first-order valence-corrected chi connectivity index (χ1v) is 6.44. The molecule has 2 nitrogen and oxygen atoms in total. The molecule has 0 aliphatic rings. The van der Waals surface area contributed by atoms with E-state index in [9.17, 15) is 0 Å². The summed E-state index contributed by atoms with van der Waals surface area (Å²) in [7, 11) is 0. The Morgan fingerprint density at radius 1 is 1.11 bits per heavy atom. The molecule has 2 rings (SSSR count). The molecule has 0 saturated carbocycles. The van der Waals surface area contributed by atoms with Crippen LogP contribution in [0.5, 0.6) is 0 Å². The molecule has 0 unspecified atom stereocenters. The highest BCUT2D eigenvalue weighted by Gasteiger charge is 2.09. The zero-order valence-electron chi connectivity index (χ0n) is 11.6. The van der Waals surface area contributed by atoms with Crippen LogP contribution in [-0.2, 0) is 6.54 Å². The van der Waals surface area contributed by atoms with Gasteiger partial charge in [0, 0.05) is 11.6 Å². The Bertz CT molecular complexity index is 505. The third-order valence-electron chi connectivity index (χ3n) is 2.95. The lowest BCUT2D eigenvalue weighted by molar-refractivity contribution is 0.466. The molecular formula is C16H21NO. The summed E-state index contributed by atoms with van der Waals surface area (Å²) in [6, 6.07) is 9.11. The Morgan fingerprint density at radius 2 is 1.78 bits per heavy atom. The van der Waals surface area contributed by atoms with E-state index in [-0.39, 0.29) is 0 Å². The first kappa shape index (κ1) is 12.9. The van der Waals surface area contributed by atoms with Gasteiger partial charge in [-0.15, -0.1) is 0 Å². The molecule has 0 saturated heterocycles. The van der Waals surface area contributed by atoms with Crippen LogP contribution < -0.4 is 5.32 Å². The summed E-state index contributed by atoms with van der Waals surface area (Å²) < 4.78 is 5.59. The second-order valence-corrected chi connectivity index (χ2v) is 5.17.